The van der Waals surface area contributed by atoms with Gasteiger partial charge in [-0.15, -0.1) is 0 Å². The molecule has 1 aliphatic rings. The van der Waals surface area contributed by atoms with Crippen molar-refractivity contribution < 1.29 is 9.90 Å². The highest BCUT2D eigenvalue weighted by Gasteiger charge is 2.40. The van der Waals surface area contributed by atoms with E-state index in [9.17, 15) is 9.90 Å². The van der Waals surface area contributed by atoms with Crippen LogP contribution in [0.5, 0.6) is 0 Å². The lowest BCUT2D eigenvalue weighted by Crippen LogP contribution is -2.47. The van der Waals surface area contributed by atoms with Crippen LogP contribution >= 0.6 is 0 Å². The van der Waals surface area contributed by atoms with Gasteiger partial charge >= 0.3 is 5.97 Å². The molecule has 1 aliphatic carbocycles. The molecular formula is C19H17N3O2. The Labute approximate surface area is 139 Å². The number of carboxylic acids is 1. The number of carbonyl (C=O) groups is 1. The van der Waals surface area contributed by atoms with E-state index in [2.05, 4.69) is 22.1 Å². The zero-order valence-electron chi connectivity index (χ0n) is 13.0. The number of aliphatic carboxylic acids is 1. The quantitative estimate of drug-likeness (QED) is 0.539. The molecule has 3 aromatic rings. The van der Waals surface area contributed by atoms with Crippen molar-refractivity contribution in [2.45, 2.75) is 18.4 Å². The molecule has 4 N–H and O–H groups in total. The van der Waals surface area contributed by atoms with Crippen molar-refractivity contribution in [2.75, 3.05) is 0 Å². The number of carboxylic acid groups (broad SMARTS) is 1. The number of aromatic nitrogens is 2. The zero-order valence-corrected chi connectivity index (χ0v) is 13.0. The van der Waals surface area contributed by atoms with E-state index in [0.29, 0.717) is 17.7 Å². The molecule has 0 fully saturated rings. The SMILES string of the molecule is N[C@@](Cc1cnc[nH]1)(C(=O)O)c1cccc2c1Cc1ccccc1-2. The molecule has 0 unspecified atom stereocenters. The van der Waals surface area contributed by atoms with Gasteiger partial charge in [-0.3, -0.25) is 0 Å². The van der Waals surface area contributed by atoms with E-state index in [1.54, 1.807) is 6.20 Å². The molecule has 5 heteroatoms. The third-order valence-corrected chi connectivity index (χ3v) is 4.74. The number of benzene rings is 2. The Morgan fingerprint density at radius 2 is 2.00 bits per heavy atom. The van der Waals surface area contributed by atoms with Gasteiger partial charge in [-0.1, -0.05) is 42.5 Å². The number of imidazole rings is 1. The Balaban J connectivity index is 1.85. The maximum absolute atomic E-state index is 12.1. The minimum absolute atomic E-state index is 0.162. The summed E-state index contributed by atoms with van der Waals surface area (Å²) in [6.45, 7) is 0. The Hall–Kier alpha value is -2.92. The standard InChI is InChI=1S/C19H17N3O2/c20-19(18(23)24,9-13-10-21-11-22-13)17-7-3-6-15-14-5-2-1-4-12(14)8-16(15)17/h1-7,10-11H,8-9,20H2,(H,21,22)(H,23,24)/t19-/m1/s1. The van der Waals surface area contributed by atoms with Crippen LogP contribution in [0, 0.1) is 0 Å². The summed E-state index contributed by atoms with van der Waals surface area (Å²) in [5.41, 5.74) is 10.7. The van der Waals surface area contributed by atoms with Crippen LogP contribution in [0.25, 0.3) is 11.1 Å². The fraction of sp³-hybridized carbons (Fsp3) is 0.158. The van der Waals surface area contributed by atoms with Gasteiger partial charge in [0.2, 0.25) is 0 Å². The molecule has 0 bridgehead atoms. The van der Waals surface area contributed by atoms with E-state index in [4.69, 9.17) is 5.73 Å². The largest absolute Gasteiger partial charge is 0.480 e. The van der Waals surface area contributed by atoms with Gasteiger partial charge in [-0.05, 0) is 34.2 Å². The monoisotopic (exact) mass is 319 g/mol. The summed E-state index contributed by atoms with van der Waals surface area (Å²) in [7, 11) is 0. The smallest absolute Gasteiger partial charge is 0.328 e. The first-order valence-electron chi connectivity index (χ1n) is 7.80. The van der Waals surface area contributed by atoms with Crippen LogP contribution in [0.1, 0.15) is 22.4 Å². The lowest BCUT2D eigenvalue weighted by molar-refractivity contribution is -0.143. The molecule has 1 heterocycles. The number of aromatic amines is 1. The first-order chi connectivity index (χ1) is 11.6. The highest BCUT2D eigenvalue weighted by Crippen LogP contribution is 2.41. The van der Waals surface area contributed by atoms with Gasteiger partial charge < -0.3 is 15.8 Å². The summed E-state index contributed by atoms with van der Waals surface area (Å²) in [6.07, 6.45) is 4.01. The van der Waals surface area contributed by atoms with Crippen LogP contribution in [-0.2, 0) is 23.2 Å². The van der Waals surface area contributed by atoms with E-state index in [-0.39, 0.29) is 6.42 Å². The van der Waals surface area contributed by atoms with Crippen LogP contribution in [-0.4, -0.2) is 21.0 Å². The van der Waals surface area contributed by atoms with E-state index in [1.807, 2.05) is 30.3 Å². The average molecular weight is 319 g/mol. The summed E-state index contributed by atoms with van der Waals surface area (Å²) in [5, 5.41) is 9.87. The van der Waals surface area contributed by atoms with E-state index >= 15 is 0 Å². The van der Waals surface area contributed by atoms with E-state index < -0.39 is 11.5 Å². The maximum Gasteiger partial charge on any atom is 0.328 e. The molecule has 0 aliphatic heterocycles. The van der Waals surface area contributed by atoms with Gasteiger partial charge in [0.1, 0.15) is 5.54 Å². The minimum Gasteiger partial charge on any atom is -0.480 e. The molecule has 120 valence electrons. The van der Waals surface area contributed by atoms with E-state index in [0.717, 1.165) is 16.7 Å². The maximum atomic E-state index is 12.1. The molecule has 1 atom stereocenters. The number of nitrogens with two attached hydrogens (primary N) is 1. The van der Waals surface area contributed by atoms with Crippen molar-refractivity contribution in [3.05, 3.63) is 77.4 Å². The van der Waals surface area contributed by atoms with Crippen LogP contribution in [0.15, 0.2) is 55.0 Å². The van der Waals surface area contributed by atoms with Gasteiger partial charge in [-0.25, -0.2) is 9.78 Å². The summed E-state index contributed by atoms with van der Waals surface area (Å²) < 4.78 is 0. The normalized spacial score (nSPS) is 14.7. The number of rotatable bonds is 4. The number of fused-ring (bicyclic) bond motifs is 3. The van der Waals surface area contributed by atoms with E-state index in [1.165, 1.54) is 11.9 Å². The molecule has 4 rings (SSSR count). The second kappa shape index (κ2) is 5.32. The molecule has 1 aromatic heterocycles. The number of H-pyrrole nitrogens is 1. The number of nitrogens with one attached hydrogen (secondary N) is 1. The fourth-order valence-electron chi connectivity index (χ4n) is 3.54. The third-order valence-electron chi connectivity index (χ3n) is 4.74. The summed E-state index contributed by atoms with van der Waals surface area (Å²) in [6, 6.07) is 13.9. The predicted octanol–water partition coefficient (Wildman–Crippen LogP) is 2.46. The van der Waals surface area contributed by atoms with Crippen molar-refractivity contribution in [2.24, 2.45) is 5.73 Å². The zero-order chi connectivity index (χ0) is 16.7. The minimum atomic E-state index is -1.50. The Morgan fingerprint density at radius 1 is 1.21 bits per heavy atom. The van der Waals surface area contributed by atoms with Crippen molar-refractivity contribution in [1.82, 2.24) is 9.97 Å². The molecule has 0 radical (unpaired) electrons. The van der Waals surface area contributed by atoms with Crippen molar-refractivity contribution in [3.63, 3.8) is 0 Å². The molecule has 0 amide bonds. The van der Waals surface area contributed by atoms with Crippen molar-refractivity contribution >= 4 is 5.97 Å². The van der Waals surface area contributed by atoms with Crippen LogP contribution in [0.4, 0.5) is 0 Å². The first kappa shape index (κ1) is 14.7. The van der Waals surface area contributed by atoms with Gasteiger partial charge in [0, 0.05) is 18.3 Å². The fourth-order valence-corrected chi connectivity index (χ4v) is 3.54. The summed E-state index contributed by atoms with van der Waals surface area (Å²) in [4.78, 5) is 19.0. The molecule has 24 heavy (non-hydrogen) atoms. The lowest BCUT2D eigenvalue weighted by Gasteiger charge is -2.27. The van der Waals surface area contributed by atoms with Gasteiger partial charge in [0.05, 0.1) is 6.33 Å². The third kappa shape index (κ3) is 2.13. The molecular weight excluding hydrogens is 302 g/mol. The highest BCUT2D eigenvalue weighted by molar-refractivity contribution is 5.85. The lowest BCUT2D eigenvalue weighted by atomic mass is 9.82. The predicted molar refractivity (Wildman–Crippen MR) is 90.5 cm³/mol. The topological polar surface area (TPSA) is 92.0 Å². The second-order valence-electron chi connectivity index (χ2n) is 6.20. The van der Waals surface area contributed by atoms with Crippen LogP contribution < -0.4 is 5.73 Å². The number of hydrogen-bond acceptors (Lipinski definition) is 3. The summed E-state index contributed by atoms with van der Waals surface area (Å²) in [5.74, 6) is -1.04. The van der Waals surface area contributed by atoms with Crippen LogP contribution in [0.2, 0.25) is 0 Å². The molecule has 5 nitrogen and oxygen atoms in total. The number of hydrogen-bond donors (Lipinski definition) is 3. The highest BCUT2D eigenvalue weighted by atomic mass is 16.4. The molecule has 2 aromatic carbocycles. The Morgan fingerprint density at radius 3 is 2.75 bits per heavy atom. The van der Waals surface area contributed by atoms with Crippen LogP contribution in [0.3, 0.4) is 0 Å². The van der Waals surface area contributed by atoms with Gasteiger partial charge in [0.15, 0.2) is 0 Å². The van der Waals surface area contributed by atoms with Gasteiger partial charge in [0.25, 0.3) is 0 Å². The molecule has 0 spiro atoms. The van der Waals surface area contributed by atoms with Crippen molar-refractivity contribution in [1.29, 1.82) is 0 Å². The average Bonchev–Trinajstić information content (AvgIpc) is 3.21. The Bertz CT molecular complexity index is 918. The molecule has 0 saturated heterocycles. The molecule has 0 saturated carbocycles. The second-order valence-corrected chi connectivity index (χ2v) is 6.20. The summed E-state index contributed by atoms with van der Waals surface area (Å²) >= 11 is 0. The number of nitrogens with zero attached hydrogens (tertiary/aromatic N) is 1. The van der Waals surface area contributed by atoms with Crippen molar-refractivity contribution in [3.8, 4) is 11.1 Å². The Kier molecular flexibility index (Phi) is 3.25. The first-order valence-corrected chi connectivity index (χ1v) is 7.80. The van der Waals surface area contributed by atoms with Gasteiger partial charge in [-0.2, -0.15) is 0 Å².